The minimum Gasteiger partial charge on any atom is -0.453 e. The van der Waals surface area contributed by atoms with Crippen molar-refractivity contribution in [3.8, 4) is 61.7 Å². The molecular formula is C48H30N2O. The van der Waals surface area contributed by atoms with Gasteiger partial charge >= 0.3 is 0 Å². The highest BCUT2D eigenvalue weighted by atomic mass is 16.5. The van der Waals surface area contributed by atoms with Gasteiger partial charge < -0.3 is 14.2 Å². The lowest BCUT2D eigenvalue weighted by atomic mass is 9.90. The SMILES string of the molecule is c1ccc(-c2ccc3c(c2)-c2ccccc2-c2cc(-c4ccc5c(c4)Oc4ccccc4N5c4ccccc4)cc4c5ccccc5n-3c24)cc1. The van der Waals surface area contributed by atoms with Gasteiger partial charge in [-0.15, -0.1) is 0 Å². The number of benzene rings is 8. The van der Waals surface area contributed by atoms with Crippen LogP contribution in [0.1, 0.15) is 0 Å². The quantitative estimate of drug-likeness (QED) is 0.189. The molecule has 3 heteroatoms. The van der Waals surface area contributed by atoms with Gasteiger partial charge in [-0.2, -0.15) is 0 Å². The molecule has 0 spiro atoms. The van der Waals surface area contributed by atoms with E-state index in [0.29, 0.717) is 0 Å². The number of fused-ring (bicyclic) bond motifs is 10. The fraction of sp³-hybridized carbons (Fsp3) is 0. The lowest BCUT2D eigenvalue weighted by Gasteiger charge is -2.33. The van der Waals surface area contributed by atoms with Gasteiger partial charge in [0, 0.05) is 27.6 Å². The Morgan fingerprint density at radius 2 is 0.980 bits per heavy atom. The van der Waals surface area contributed by atoms with E-state index in [1.807, 2.05) is 12.1 Å². The van der Waals surface area contributed by atoms with E-state index in [0.717, 1.165) is 39.7 Å². The van der Waals surface area contributed by atoms with Crippen LogP contribution < -0.4 is 9.64 Å². The number of para-hydroxylation sites is 4. The molecule has 2 aliphatic rings. The smallest absolute Gasteiger partial charge is 0.152 e. The first-order chi connectivity index (χ1) is 25.3. The molecule has 11 rings (SSSR count). The van der Waals surface area contributed by atoms with Crippen molar-refractivity contribution in [2.24, 2.45) is 0 Å². The summed E-state index contributed by atoms with van der Waals surface area (Å²) in [7, 11) is 0. The molecule has 51 heavy (non-hydrogen) atoms. The van der Waals surface area contributed by atoms with Crippen LogP contribution in [0.4, 0.5) is 17.1 Å². The van der Waals surface area contributed by atoms with Crippen LogP contribution in [-0.2, 0) is 0 Å². The van der Waals surface area contributed by atoms with Crippen LogP contribution in [0.15, 0.2) is 182 Å². The molecule has 238 valence electrons. The Kier molecular flexibility index (Phi) is 5.96. The fourth-order valence-corrected chi connectivity index (χ4v) is 8.22. The third-order valence-corrected chi connectivity index (χ3v) is 10.5. The van der Waals surface area contributed by atoms with Crippen molar-refractivity contribution in [3.05, 3.63) is 182 Å². The highest BCUT2D eigenvalue weighted by Gasteiger charge is 2.28. The van der Waals surface area contributed by atoms with Crippen LogP contribution in [0, 0.1) is 0 Å². The van der Waals surface area contributed by atoms with Crippen LogP contribution in [0.3, 0.4) is 0 Å². The Morgan fingerprint density at radius 3 is 1.82 bits per heavy atom. The summed E-state index contributed by atoms with van der Waals surface area (Å²) >= 11 is 0. The molecule has 2 aliphatic heterocycles. The molecule has 0 unspecified atom stereocenters. The Morgan fingerprint density at radius 1 is 0.353 bits per heavy atom. The van der Waals surface area contributed by atoms with Gasteiger partial charge in [-0.25, -0.2) is 0 Å². The van der Waals surface area contributed by atoms with Gasteiger partial charge in [0.05, 0.1) is 28.1 Å². The van der Waals surface area contributed by atoms with Gasteiger partial charge in [-0.1, -0.05) is 115 Å². The summed E-state index contributed by atoms with van der Waals surface area (Å²) in [4.78, 5) is 2.29. The van der Waals surface area contributed by atoms with Crippen LogP contribution in [0.2, 0.25) is 0 Å². The molecule has 0 atom stereocenters. The lowest BCUT2D eigenvalue weighted by molar-refractivity contribution is 0.477. The average molecular weight is 651 g/mol. The van der Waals surface area contributed by atoms with E-state index >= 15 is 0 Å². The highest BCUT2D eigenvalue weighted by molar-refractivity contribution is 6.18. The number of ether oxygens (including phenoxy) is 1. The third-order valence-electron chi connectivity index (χ3n) is 10.5. The first-order valence-corrected chi connectivity index (χ1v) is 17.4. The molecular weight excluding hydrogens is 621 g/mol. The molecule has 1 aromatic heterocycles. The standard InChI is InChI=1S/C48H30N2O/c1-3-13-31(14-4-1)32-23-25-43-39(27-32)36-17-7-8-18-37(36)40-28-34(29-41-38-19-9-10-20-42(38)50(43)48(40)41)33-24-26-45-47(30-33)51-46-22-12-11-21-44(46)49(45)35-15-5-2-6-16-35/h1-30H. The predicted octanol–water partition coefficient (Wildman–Crippen LogP) is 13.3. The Balaban J connectivity index is 1.15. The summed E-state index contributed by atoms with van der Waals surface area (Å²) in [6.07, 6.45) is 0. The second-order valence-corrected chi connectivity index (χ2v) is 13.3. The first kappa shape index (κ1) is 28.0. The third kappa shape index (κ3) is 4.19. The van der Waals surface area contributed by atoms with E-state index in [1.165, 1.54) is 60.9 Å². The van der Waals surface area contributed by atoms with Crippen LogP contribution in [0.5, 0.6) is 11.5 Å². The Bertz CT molecular complexity index is 2830. The molecule has 0 bridgehead atoms. The number of nitrogens with zero attached hydrogens (tertiary/aromatic N) is 2. The summed E-state index contributed by atoms with van der Waals surface area (Å²) in [5.74, 6) is 1.68. The second-order valence-electron chi connectivity index (χ2n) is 13.3. The second kappa shape index (κ2) is 10.8. The molecule has 0 fully saturated rings. The molecule has 3 heterocycles. The lowest BCUT2D eigenvalue weighted by Crippen LogP contribution is -2.15. The summed E-state index contributed by atoms with van der Waals surface area (Å²) in [6.45, 7) is 0. The monoisotopic (exact) mass is 650 g/mol. The van der Waals surface area contributed by atoms with Gasteiger partial charge in [0.25, 0.3) is 0 Å². The van der Waals surface area contributed by atoms with Crippen molar-refractivity contribution in [2.75, 3.05) is 4.90 Å². The zero-order valence-electron chi connectivity index (χ0n) is 27.6. The summed E-state index contributed by atoms with van der Waals surface area (Å²) < 4.78 is 9.13. The van der Waals surface area contributed by atoms with Crippen LogP contribution >= 0.6 is 0 Å². The number of hydrogen-bond acceptors (Lipinski definition) is 2. The maximum Gasteiger partial charge on any atom is 0.152 e. The number of rotatable bonds is 3. The van der Waals surface area contributed by atoms with Crippen LogP contribution in [0.25, 0.3) is 72.0 Å². The van der Waals surface area contributed by atoms with Crippen molar-refractivity contribution in [1.29, 1.82) is 0 Å². The van der Waals surface area contributed by atoms with Gasteiger partial charge in [0.15, 0.2) is 11.5 Å². The molecule has 0 aliphatic carbocycles. The van der Waals surface area contributed by atoms with E-state index in [-0.39, 0.29) is 0 Å². The van der Waals surface area contributed by atoms with E-state index in [4.69, 9.17) is 4.74 Å². The maximum absolute atomic E-state index is 6.64. The zero-order chi connectivity index (χ0) is 33.5. The topological polar surface area (TPSA) is 17.4 Å². The molecule has 0 saturated heterocycles. The number of anilines is 3. The van der Waals surface area contributed by atoms with Gasteiger partial charge in [-0.05, 0) is 100 Å². The number of aromatic nitrogens is 1. The normalized spacial score (nSPS) is 12.4. The Hall–Kier alpha value is -6.84. The van der Waals surface area contributed by atoms with Crippen LogP contribution in [-0.4, -0.2) is 4.57 Å². The van der Waals surface area contributed by atoms with Gasteiger partial charge in [-0.3, -0.25) is 0 Å². The molecule has 0 saturated carbocycles. The van der Waals surface area contributed by atoms with Crippen molar-refractivity contribution in [3.63, 3.8) is 0 Å². The molecule has 9 aromatic rings. The average Bonchev–Trinajstić information content (AvgIpc) is 3.47. The van der Waals surface area contributed by atoms with Crippen molar-refractivity contribution >= 4 is 38.9 Å². The minimum atomic E-state index is 0.838. The predicted molar refractivity (Wildman–Crippen MR) is 211 cm³/mol. The van der Waals surface area contributed by atoms with Crippen molar-refractivity contribution in [1.82, 2.24) is 4.57 Å². The highest BCUT2D eigenvalue weighted by Crippen LogP contribution is 2.53. The van der Waals surface area contributed by atoms with E-state index < -0.39 is 0 Å². The maximum atomic E-state index is 6.64. The van der Waals surface area contributed by atoms with Crippen molar-refractivity contribution in [2.45, 2.75) is 0 Å². The summed E-state index contributed by atoms with van der Waals surface area (Å²) in [6, 6.07) is 65.5. The van der Waals surface area contributed by atoms with Crippen molar-refractivity contribution < 1.29 is 4.74 Å². The van der Waals surface area contributed by atoms with Gasteiger partial charge in [0.2, 0.25) is 0 Å². The summed E-state index contributed by atoms with van der Waals surface area (Å²) in [5, 5.41) is 2.48. The molecule has 0 N–H and O–H groups in total. The fourth-order valence-electron chi connectivity index (χ4n) is 8.22. The Labute approximate surface area is 295 Å². The van der Waals surface area contributed by atoms with E-state index in [1.54, 1.807) is 0 Å². The molecule has 8 aromatic carbocycles. The molecule has 0 radical (unpaired) electrons. The number of hydrogen-bond donors (Lipinski definition) is 0. The summed E-state index contributed by atoms with van der Waals surface area (Å²) in [5.41, 5.74) is 16.4. The van der Waals surface area contributed by atoms with E-state index in [9.17, 15) is 0 Å². The van der Waals surface area contributed by atoms with Gasteiger partial charge in [0.1, 0.15) is 0 Å². The zero-order valence-corrected chi connectivity index (χ0v) is 27.6. The molecule has 0 amide bonds. The molecule has 3 nitrogen and oxygen atoms in total. The first-order valence-electron chi connectivity index (χ1n) is 17.4. The largest absolute Gasteiger partial charge is 0.453 e. The minimum absolute atomic E-state index is 0.838. The van der Waals surface area contributed by atoms with E-state index in [2.05, 4.69) is 179 Å².